The zero-order valence-electron chi connectivity index (χ0n) is 12.8. The van der Waals surface area contributed by atoms with E-state index in [1.807, 2.05) is 38.5 Å². The van der Waals surface area contributed by atoms with Crippen molar-refractivity contribution in [3.63, 3.8) is 0 Å². The van der Waals surface area contributed by atoms with Crippen LogP contribution in [-0.2, 0) is 6.54 Å². The number of fused-ring (bicyclic) bond motifs is 1. The first-order valence-electron chi connectivity index (χ1n) is 7.04. The van der Waals surface area contributed by atoms with Crippen LogP contribution in [0.3, 0.4) is 0 Å². The van der Waals surface area contributed by atoms with E-state index in [2.05, 4.69) is 22.3 Å². The van der Waals surface area contributed by atoms with E-state index >= 15 is 0 Å². The second kappa shape index (κ2) is 5.92. The molecule has 2 aromatic heterocycles. The predicted molar refractivity (Wildman–Crippen MR) is 92.8 cm³/mol. The maximum absolute atomic E-state index is 6.39. The van der Waals surface area contributed by atoms with Crippen LogP contribution in [0.5, 0.6) is 0 Å². The van der Waals surface area contributed by atoms with Gasteiger partial charge in [-0.1, -0.05) is 29.3 Å². The van der Waals surface area contributed by atoms with Crippen molar-refractivity contribution in [1.82, 2.24) is 14.3 Å². The van der Waals surface area contributed by atoms with Gasteiger partial charge in [-0.2, -0.15) is 0 Å². The molecule has 3 rings (SSSR count). The van der Waals surface area contributed by atoms with E-state index in [0.29, 0.717) is 10.0 Å². The molecule has 0 spiro atoms. The van der Waals surface area contributed by atoms with Crippen molar-refractivity contribution in [2.75, 3.05) is 14.1 Å². The summed E-state index contributed by atoms with van der Waals surface area (Å²) in [6, 6.07) is 9.64. The van der Waals surface area contributed by atoms with Gasteiger partial charge in [0, 0.05) is 23.3 Å². The summed E-state index contributed by atoms with van der Waals surface area (Å²) in [7, 11) is 4.09. The molecule has 114 valence electrons. The van der Waals surface area contributed by atoms with Crippen LogP contribution < -0.4 is 0 Å². The molecule has 0 aliphatic rings. The number of pyridine rings is 1. The van der Waals surface area contributed by atoms with Gasteiger partial charge in [-0.25, -0.2) is 4.98 Å². The fourth-order valence-corrected chi connectivity index (χ4v) is 3.10. The smallest absolute Gasteiger partial charge is 0.140 e. The van der Waals surface area contributed by atoms with Crippen molar-refractivity contribution < 1.29 is 0 Å². The van der Waals surface area contributed by atoms with Gasteiger partial charge in [-0.05, 0) is 50.8 Å². The highest BCUT2D eigenvalue weighted by atomic mass is 35.5. The Hall–Kier alpha value is -1.55. The molecule has 0 aliphatic heterocycles. The fraction of sp³-hybridized carbons (Fsp3) is 0.235. The predicted octanol–water partition coefficient (Wildman–Crippen LogP) is 4.68. The lowest BCUT2D eigenvalue weighted by Gasteiger charge is -2.12. The molecule has 0 amide bonds. The molecular weight excluding hydrogens is 317 g/mol. The average Bonchev–Trinajstić information content (AvgIpc) is 2.79. The number of aromatic nitrogens is 2. The Morgan fingerprint density at radius 1 is 1.18 bits per heavy atom. The molecular formula is C17H17Cl2N3. The van der Waals surface area contributed by atoms with Crippen LogP contribution >= 0.6 is 23.2 Å². The van der Waals surface area contributed by atoms with Crippen LogP contribution in [-0.4, -0.2) is 28.4 Å². The van der Waals surface area contributed by atoms with Crippen molar-refractivity contribution in [1.29, 1.82) is 0 Å². The highest BCUT2D eigenvalue weighted by molar-refractivity contribution is 6.36. The van der Waals surface area contributed by atoms with Crippen molar-refractivity contribution in [2.45, 2.75) is 13.5 Å². The van der Waals surface area contributed by atoms with Gasteiger partial charge in [-0.15, -0.1) is 0 Å². The number of imidazole rings is 1. The van der Waals surface area contributed by atoms with Crippen LogP contribution in [0.25, 0.3) is 16.9 Å². The Kier molecular flexibility index (Phi) is 4.13. The number of benzene rings is 1. The van der Waals surface area contributed by atoms with Crippen molar-refractivity contribution >= 4 is 28.8 Å². The van der Waals surface area contributed by atoms with E-state index in [9.17, 15) is 0 Å². The molecule has 1 aromatic carbocycles. The standard InChI is InChI=1S/C17H17Cl2N3/c1-11-5-4-8-22-15(10-21(2)3)16(20-17(11)22)13-7-6-12(18)9-14(13)19/h4-9H,10H2,1-3H3. The molecule has 0 saturated carbocycles. The van der Waals surface area contributed by atoms with E-state index in [-0.39, 0.29) is 0 Å². The van der Waals surface area contributed by atoms with Crippen molar-refractivity contribution in [3.05, 3.63) is 57.8 Å². The normalized spacial score (nSPS) is 11.5. The van der Waals surface area contributed by atoms with E-state index in [0.717, 1.165) is 34.7 Å². The molecule has 0 radical (unpaired) electrons. The van der Waals surface area contributed by atoms with Gasteiger partial charge in [0.05, 0.1) is 16.4 Å². The molecule has 0 fully saturated rings. The third kappa shape index (κ3) is 2.72. The number of nitrogens with zero attached hydrogens (tertiary/aromatic N) is 3. The zero-order chi connectivity index (χ0) is 15.9. The minimum Gasteiger partial charge on any atom is -0.304 e. The first-order valence-corrected chi connectivity index (χ1v) is 7.79. The number of rotatable bonds is 3. The Balaban J connectivity index is 2.30. The third-order valence-electron chi connectivity index (χ3n) is 3.60. The van der Waals surface area contributed by atoms with E-state index in [4.69, 9.17) is 28.2 Å². The summed E-state index contributed by atoms with van der Waals surface area (Å²) >= 11 is 12.4. The molecule has 0 unspecified atom stereocenters. The maximum Gasteiger partial charge on any atom is 0.140 e. The third-order valence-corrected chi connectivity index (χ3v) is 4.14. The lowest BCUT2D eigenvalue weighted by Crippen LogP contribution is -2.13. The molecule has 22 heavy (non-hydrogen) atoms. The minimum atomic E-state index is 0.619. The summed E-state index contributed by atoms with van der Waals surface area (Å²) in [4.78, 5) is 6.96. The largest absolute Gasteiger partial charge is 0.304 e. The summed E-state index contributed by atoms with van der Waals surface area (Å²) in [6.07, 6.45) is 2.04. The summed E-state index contributed by atoms with van der Waals surface area (Å²) in [5.41, 5.74) is 5.03. The van der Waals surface area contributed by atoms with E-state index < -0.39 is 0 Å². The Morgan fingerprint density at radius 3 is 2.64 bits per heavy atom. The first-order chi connectivity index (χ1) is 10.5. The SMILES string of the molecule is Cc1cccn2c(CN(C)C)c(-c3ccc(Cl)cc3Cl)nc12. The van der Waals surface area contributed by atoms with Crippen molar-refractivity contribution in [2.24, 2.45) is 0 Å². The lowest BCUT2D eigenvalue weighted by atomic mass is 10.1. The summed E-state index contributed by atoms with van der Waals surface area (Å²) in [6.45, 7) is 2.84. The topological polar surface area (TPSA) is 20.5 Å². The maximum atomic E-state index is 6.39. The highest BCUT2D eigenvalue weighted by Crippen LogP contribution is 2.33. The monoisotopic (exact) mass is 333 g/mol. The molecule has 0 N–H and O–H groups in total. The quantitative estimate of drug-likeness (QED) is 0.693. The number of halogens is 2. The van der Waals surface area contributed by atoms with Gasteiger partial charge < -0.3 is 9.30 Å². The Morgan fingerprint density at radius 2 is 1.95 bits per heavy atom. The van der Waals surface area contributed by atoms with Gasteiger partial charge in [-0.3, -0.25) is 0 Å². The van der Waals surface area contributed by atoms with Gasteiger partial charge in [0.25, 0.3) is 0 Å². The fourth-order valence-electron chi connectivity index (χ4n) is 2.60. The Bertz CT molecular complexity index is 837. The summed E-state index contributed by atoms with van der Waals surface area (Å²) in [5, 5.41) is 1.25. The van der Waals surface area contributed by atoms with E-state index in [1.54, 1.807) is 6.07 Å². The van der Waals surface area contributed by atoms with Crippen LogP contribution in [0.1, 0.15) is 11.3 Å². The molecule has 5 heteroatoms. The number of hydrogen-bond acceptors (Lipinski definition) is 2. The minimum absolute atomic E-state index is 0.619. The molecule has 3 aromatic rings. The molecule has 0 bridgehead atoms. The van der Waals surface area contributed by atoms with Gasteiger partial charge in [0.15, 0.2) is 0 Å². The first kappa shape index (κ1) is 15.3. The van der Waals surface area contributed by atoms with Gasteiger partial charge in [0.1, 0.15) is 5.65 Å². The molecule has 2 heterocycles. The van der Waals surface area contributed by atoms with Crippen LogP contribution in [0.15, 0.2) is 36.5 Å². The lowest BCUT2D eigenvalue weighted by molar-refractivity contribution is 0.396. The molecule has 0 atom stereocenters. The summed E-state index contributed by atoms with van der Waals surface area (Å²) < 4.78 is 2.13. The summed E-state index contributed by atoms with van der Waals surface area (Å²) in [5.74, 6) is 0. The number of aryl methyl sites for hydroxylation is 1. The second-order valence-electron chi connectivity index (χ2n) is 5.65. The van der Waals surface area contributed by atoms with Crippen LogP contribution in [0.2, 0.25) is 10.0 Å². The Labute approximate surface area is 140 Å². The van der Waals surface area contributed by atoms with Crippen LogP contribution in [0.4, 0.5) is 0 Å². The number of hydrogen-bond donors (Lipinski definition) is 0. The molecule has 3 nitrogen and oxygen atoms in total. The van der Waals surface area contributed by atoms with Gasteiger partial charge >= 0.3 is 0 Å². The molecule has 0 aliphatic carbocycles. The van der Waals surface area contributed by atoms with Crippen molar-refractivity contribution in [3.8, 4) is 11.3 Å². The van der Waals surface area contributed by atoms with Gasteiger partial charge in [0.2, 0.25) is 0 Å². The van der Waals surface area contributed by atoms with Crippen LogP contribution in [0, 0.1) is 6.92 Å². The zero-order valence-corrected chi connectivity index (χ0v) is 14.3. The van der Waals surface area contributed by atoms with E-state index in [1.165, 1.54) is 0 Å². The highest BCUT2D eigenvalue weighted by Gasteiger charge is 2.17. The second-order valence-corrected chi connectivity index (χ2v) is 6.50. The molecule has 0 saturated heterocycles. The average molecular weight is 334 g/mol.